The molecule has 3 N–H and O–H groups in total. The molecule has 0 aromatic heterocycles. The summed E-state index contributed by atoms with van der Waals surface area (Å²) in [6, 6.07) is 2.89. The Kier molecular flexibility index (Phi) is 4.30. The number of anilines is 1. The molecule has 0 saturated carbocycles. The molecule has 1 fully saturated rings. The van der Waals surface area contributed by atoms with E-state index in [1.807, 2.05) is 11.8 Å². The summed E-state index contributed by atoms with van der Waals surface area (Å²) < 4.78 is 27.7. The number of rotatable bonds is 4. The number of hydrogen-bond donors (Lipinski definition) is 2. The number of hydrogen-bond acceptors (Lipinski definition) is 3. The molecule has 1 unspecified atom stereocenters. The van der Waals surface area contributed by atoms with Gasteiger partial charge >= 0.3 is 0 Å². The van der Waals surface area contributed by atoms with E-state index in [0.717, 1.165) is 12.2 Å². The first-order valence-electron chi connectivity index (χ1n) is 6.08. The lowest BCUT2D eigenvalue weighted by Gasteiger charge is -2.23. The summed E-state index contributed by atoms with van der Waals surface area (Å²) in [5.74, 6) is -0.784. The van der Waals surface area contributed by atoms with Crippen LogP contribution in [-0.2, 0) is 0 Å². The molecular weight excluding hydrogens is 286 g/mol. The van der Waals surface area contributed by atoms with Crippen LogP contribution in [0.15, 0.2) is 12.1 Å². The van der Waals surface area contributed by atoms with Gasteiger partial charge in [-0.05, 0) is 37.7 Å². The lowest BCUT2D eigenvalue weighted by Crippen LogP contribution is -2.27. The normalized spacial score (nSPS) is 22.5. The second kappa shape index (κ2) is 5.63. The molecule has 0 bridgehead atoms. The fraction of sp³-hybridized carbons (Fsp3) is 0.462. The minimum absolute atomic E-state index is 0.0560. The third kappa shape index (κ3) is 3.17. The van der Waals surface area contributed by atoms with Crippen LogP contribution in [0.4, 0.5) is 14.5 Å². The number of thioether (sulfide) groups is 1. The molecule has 1 aliphatic heterocycles. The lowest BCUT2D eigenvalue weighted by molar-refractivity contribution is 0.508. The van der Waals surface area contributed by atoms with Gasteiger partial charge in [-0.1, -0.05) is 12.2 Å². The molecule has 0 aliphatic carbocycles. The predicted octanol–water partition coefficient (Wildman–Crippen LogP) is 3.30. The third-order valence-electron chi connectivity index (χ3n) is 3.30. The van der Waals surface area contributed by atoms with Gasteiger partial charge in [-0.2, -0.15) is 11.8 Å². The van der Waals surface area contributed by atoms with Crippen molar-refractivity contribution in [2.24, 2.45) is 5.73 Å². The minimum atomic E-state index is -0.985. The molecule has 0 radical (unpaired) electrons. The quantitative estimate of drug-likeness (QED) is 0.837. The first-order chi connectivity index (χ1) is 8.93. The fourth-order valence-corrected chi connectivity index (χ4v) is 3.54. The Labute approximate surface area is 121 Å². The summed E-state index contributed by atoms with van der Waals surface area (Å²) in [4.78, 5) is -0.138. The molecule has 1 heterocycles. The van der Waals surface area contributed by atoms with Gasteiger partial charge in [0, 0.05) is 16.9 Å². The van der Waals surface area contributed by atoms with E-state index >= 15 is 0 Å². The van der Waals surface area contributed by atoms with E-state index in [4.69, 9.17) is 5.73 Å². The average Bonchev–Trinajstić information content (AvgIpc) is 2.78. The summed E-state index contributed by atoms with van der Waals surface area (Å²) in [7, 11) is 0. The van der Waals surface area contributed by atoms with Crippen molar-refractivity contribution in [3.05, 3.63) is 29.3 Å². The molecular formula is C13H16F2N2S2. The maximum Gasteiger partial charge on any atom is 0.182 e. The van der Waals surface area contributed by atoms with Crippen LogP contribution in [-0.4, -0.2) is 22.0 Å². The number of halogens is 2. The number of nitrogens with two attached hydrogens (primary N) is 1. The van der Waals surface area contributed by atoms with Crippen LogP contribution in [0.3, 0.4) is 0 Å². The van der Waals surface area contributed by atoms with E-state index < -0.39 is 11.6 Å². The van der Waals surface area contributed by atoms with Crippen LogP contribution in [0, 0.1) is 11.6 Å². The molecule has 1 atom stereocenters. The molecule has 19 heavy (non-hydrogen) atoms. The van der Waals surface area contributed by atoms with E-state index in [9.17, 15) is 8.78 Å². The Hall–Kier alpha value is -0.880. The maximum atomic E-state index is 13.9. The lowest BCUT2D eigenvalue weighted by atomic mass is 10.1. The number of thiocarbonyl (C=S) groups is 1. The highest BCUT2D eigenvalue weighted by atomic mass is 32.2. The second-order valence-corrected chi connectivity index (χ2v) is 7.03. The van der Waals surface area contributed by atoms with E-state index in [-0.39, 0.29) is 21.0 Å². The van der Waals surface area contributed by atoms with Crippen molar-refractivity contribution >= 4 is 34.7 Å². The van der Waals surface area contributed by atoms with Crippen molar-refractivity contribution in [1.29, 1.82) is 0 Å². The maximum absolute atomic E-state index is 13.9. The zero-order chi connectivity index (χ0) is 14.0. The summed E-state index contributed by atoms with van der Waals surface area (Å²) >= 11 is 6.53. The fourth-order valence-electron chi connectivity index (χ4n) is 2.13. The first-order valence-corrected chi connectivity index (χ1v) is 7.48. The van der Waals surface area contributed by atoms with Gasteiger partial charge < -0.3 is 11.1 Å². The van der Waals surface area contributed by atoms with Crippen LogP contribution in [0.2, 0.25) is 0 Å². The first kappa shape index (κ1) is 14.5. The van der Waals surface area contributed by atoms with Gasteiger partial charge in [0.2, 0.25) is 0 Å². The molecule has 2 rings (SSSR count). The third-order valence-corrected chi connectivity index (χ3v) is 5.06. The van der Waals surface area contributed by atoms with Crippen molar-refractivity contribution in [3.63, 3.8) is 0 Å². The summed E-state index contributed by atoms with van der Waals surface area (Å²) in [5.41, 5.74) is 5.43. The SMILES string of the molecule is CC1(CNc2ccc(C(N)=S)c(F)c2F)CCCS1. The highest BCUT2D eigenvalue weighted by molar-refractivity contribution is 8.00. The van der Waals surface area contributed by atoms with Crippen molar-refractivity contribution in [1.82, 2.24) is 0 Å². The monoisotopic (exact) mass is 302 g/mol. The van der Waals surface area contributed by atoms with Crippen molar-refractivity contribution in [2.75, 3.05) is 17.6 Å². The second-order valence-electron chi connectivity index (χ2n) is 4.91. The topological polar surface area (TPSA) is 38.0 Å². The Morgan fingerprint density at radius 3 is 2.79 bits per heavy atom. The van der Waals surface area contributed by atoms with Crippen LogP contribution in [0.1, 0.15) is 25.3 Å². The molecule has 0 spiro atoms. The van der Waals surface area contributed by atoms with Gasteiger partial charge in [-0.15, -0.1) is 0 Å². The number of nitrogens with one attached hydrogen (secondary N) is 1. The van der Waals surface area contributed by atoms with Gasteiger partial charge in [-0.3, -0.25) is 0 Å². The van der Waals surface area contributed by atoms with Gasteiger partial charge in [0.15, 0.2) is 11.6 Å². The molecule has 2 nitrogen and oxygen atoms in total. The van der Waals surface area contributed by atoms with Crippen LogP contribution in [0.25, 0.3) is 0 Å². The molecule has 0 amide bonds. The Balaban J connectivity index is 2.13. The van der Waals surface area contributed by atoms with Crippen molar-refractivity contribution in [2.45, 2.75) is 24.5 Å². The highest BCUT2D eigenvalue weighted by Crippen LogP contribution is 2.37. The molecule has 6 heteroatoms. The van der Waals surface area contributed by atoms with Crippen molar-refractivity contribution < 1.29 is 8.78 Å². The van der Waals surface area contributed by atoms with Gasteiger partial charge in [0.25, 0.3) is 0 Å². The zero-order valence-electron chi connectivity index (χ0n) is 10.6. The Bertz CT molecular complexity index is 500. The highest BCUT2D eigenvalue weighted by Gasteiger charge is 2.29. The van der Waals surface area contributed by atoms with Gasteiger partial charge in [-0.25, -0.2) is 8.78 Å². The average molecular weight is 302 g/mol. The summed E-state index contributed by atoms with van der Waals surface area (Å²) in [5, 5.41) is 2.98. The van der Waals surface area contributed by atoms with Crippen molar-refractivity contribution in [3.8, 4) is 0 Å². The van der Waals surface area contributed by atoms with Crippen LogP contribution in [0.5, 0.6) is 0 Å². The summed E-state index contributed by atoms with van der Waals surface area (Å²) in [6.45, 7) is 2.75. The van der Waals surface area contributed by atoms with Crippen LogP contribution < -0.4 is 11.1 Å². The molecule has 1 aliphatic rings. The van der Waals surface area contributed by atoms with E-state index in [1.54, 1.807) is 0 Å². The zero-order valence-corrected chi connectivity index (χ0v) is 12.3. The standard InChI is InChI=1S/C13H16F2N2S2/c1-13(5-2-6-19-13)7-17-9-4-3-8(12(16)18)10(14)11(9)15/h3-4,17H,2,5-7H2,1H3,(H2,16,18). The molecule has 1 aromatic rings. The van der Waals surface area contributed by atoms with E-state index in [0.29, 0.717) is 6.54 Å². The predicted molar refractivity (Wildman–Crippen MR) is 80.8 cm³/mol. The number of benzene rings is 1. The summed E-state index contributed by atoms with van der Waals surface area (Å²) in [6.07, 6.45) is 2.25. The Morgan fingerprint density at radius 2 is 2.21 bits per heavy atom. The Morgan fingerprint density at radius 1 is 1.47 bits per heavy atom. The van der Waals surface area contributed by atoms with E-state index in [1.165, 1.54) is 18.6 Å². The smallest absolute Gasteiger partial charge is 0.182 e. The molecule has 1 aromatic carbocycles. The minimum Gasteiger partial charge on any atom is -0.389 e. The van der Waals surface area contributed by atoms with Gasteiger partial charge in [0.1, 0.15) is 4.99 Å². The largest absolute Gasteiger partial charge is 0.389 e. The van der Waals surface area contributed by atoms with Gasteiger partial charge in [0.05, 0.1) is 5.69 Å². The van der Waals surface area contributed by atoms with Crippen LogP contribution >= 0.6 is 24.0 Å². The molecule has 1 saturated heterocycles. The van der Waals surface area contributed by atoms with E-state index in [2.05, 4.69) is 24.5 Å². The molecule has 104 valence electrons.